The Kier molecular flexibility index (Phi) is 2.28. The Hall–Kier alpha value is -0.600. The van der Waals surface area contributed by atoms with Crippen molar-refractivity contribution < 1.29 is 0 Å². The maximum Gasteiger partial charge on any atom is 0.137 e. The predicted octanol–water partition coefficient (Wildman–Crippen LogP) is 4.25. The molecule has 0 unspecified atom stereocenters. The first-order valence-corrected chi connectivity index (χ1v) is 5.72. The van der Waals surface area contributed by atoms with Crippen molar-refractivity contribution in [2.45, 2.75) is 26.2 Å². The second kappa shape index (κ2) is 3.21. The third-order valence-electron chi connectivity index (χ3n) is 2.14. The van der Waals surface area contributed by atoms with Gasteiger partial charge in [0.25, 0.3) is 0 Å². The highest BCUT2D eigenvalue weighted by atomic mass is 35.5. The molecule has 0 N–H and O–H groups in total. The quantitative estimate of drug-likeness (QED) is 0.611. The number of hydrogen-bond acceptors (Lipinski definition) is 2. The lowest BCUT2D eigenvalue weighted by molar-refractivity contribution is 0.604. The van der Waals surface area contributed by atoms with Crippen LogP contribution in [0.2, 0.25) is 5.15 Å². The van der Waals surface area contributed by atoms with Crippen molar-refractivity contribution in [1.29, 1.82) is 0 Å². The Balaban J connectivity index is 2.69. The number of fused-ring (bicyclic) bond motifs is 1. The van der Waals surface area contributed by atoms with E-state index in [0.29, 0.717) is 5.15 Å². The predicted molar refractivity (Wildman–Crippen MR) is 63.3 cm³/mol. The summed E-state index contributed by atoms with van der Waals surface area (Å²) < 4.78 is 1.22. The summed E-state index contributed by atoms with van der Waals surface area (Å²) in [4.78, 5) is 5.42. The molecule has 0 amide bonds. The number of pyridine rings is 1. The smallest absolute Gasteiger partial charge is 0.137 e. The van der Waals surface area contributed by atoms with Crippen LogP contribution in [0.15, 0.2) is 18.3 Å². The van der Waals surface area contributed by atoms with E-state index in [2.05, 4.69) is 31.8 Å². The van der Waals surface area contributed by atoms with Gasteiger partial charge in [-0.25, -0.2) is 4.98 Å². The van der Waals surface area contributed by atoms with E-state index in [9.17, 15) is 0 Å². The fraction of sp³-hybridized carbons (Fsp3) is 0.364. The first-order chi connectivity index (χ1) is 6.48. The summed E-state index contributed by atoms with van der Waals surface area (Å²) in [6.07, 6.45) is 1.76. The van der Waals surface area contributed by atoms with Crippen molar-refractivity contribution in [3.8, 4) is 0 Å². The SMILES string of the molecule is CC(C)(C)c1cc2c(Cl)nccc2s1. The Morgan fingerprint density at radius 2 is 2.07 bits per heavy atom. The van der Waals surface area contributed by atoms with Gasteiger partial charge in [0.2, 0.25) is 0 Å². The first-order valence-electron chi connectivity index (χ1n) is 4.53. The minimum Gasteiger partial charge on any atom is -0.244 e. The fourth-order valence-electron chi connectivity index (χ4n) is 1.30. The molecular weight excluding hydrogens is 214 g/mol. The second-order valence-electron chi connectivity index (χ2n) is 4.37. The average molecular weight is 226 g/mol. The lowest BCUT2D eigenvalue weighted by Crippen LogP contribution is -2.07. The molecule has 0 saturated carbocycles. The summed E-state index contributed by atoms with van der Waals surface area (Å²) in [5, 5.41) is 1.68. The molecule has 0 aromatic carbocycles. The molecule has 2 heterocycles. The van der Waals surface area contributed by atoms with Crippen LogP contribution in [0, 0.1) is 0 Å². The van der Waals surface area contributed by atoms with E-state index < -0.39 is 0 Å². The third kappa shape index (κ3) is 1.64. The van der Waals surface area contributed by atoms with Gasteiger partial charge in [0.1, 0.15) is 5.15 Å². The lowest BCUT2D eigenvalue weighted by atomic mass is 9.94. The van der Waals surface area contributed by atoms with Crippen LogP contribution >= 0.6 is 22.9 Å². The number of thiophene rings is 1. The molecule has 2 aromatic rings. The maximum atomic E-state index is 6.02. The van der Waals surface area contributed by atoms with Crippen LogP contribution in [0.1, 0.15) is 25.6 Å². The molecule has 0 radical (unpaired) electrons. The molecule has 0 fully saturated rings. The zero-order chi connectivity index (χ0) is 10.3. The first kappa shape index (κ1) is 9.94. The Bertz CT molecular complexity index is 468. The van der Waals surface area contributed by atoms with Crippen LogP contribution in [0.5, 0.6) is 0 Å². The van der Waals surface area contributed by atoms with Gasteiger partial charge in [-0.2, -0.15) is 0 Å². The van der Waals surface area contributed by atoms with E-state index in [1.165, 1.54) is 9.58 Å². The van der Waals surface area contributed by atoms with E-state index in [-0.39, 0.29) is 5.41 Å². The van der Waals surface area contributed by atoms with Crippen molar-refractivity contribution in [1.82, 2.24) is 4.98 Å². The molecule has 0 bridgehead atoms. The van der Waals surface area contributed by atoms with E-state index in [4.69, 9.17) is 11.6 Å². The summed E-state index contributed by atoms with van der Waals surface area (Å²) in [7, 11) is 0. The van der Waals surface area contributed by atoms with Crippen molar-refractivity contribution >= 4 is 33.0 Å². The van der Waals surface area contributed by atoms with E-state index in [0.717, 1.165) is 5.39 Å². The monoisotopic (exact) mass is 225 g/mol. The van der Waals surface area contributed by atoms with Crippen molar-refractivity contribution in [2.75, 3.05) is 0 Å². The van der Waals surface area contributed by atoms with Gasteiger partial charge in [-0.05, 0) is 17.5 Å². The molecule has 0 aliphatic carbocycles. The average Bonchev–Trinajstić information content (AvgIpc) is 2.48. The van der Waals surface area contributed by atoms with Gasteiger partial charge in [0.05, 0.1) is 0 Å². The molecule has 2 aromatic heterocycles. The molecule has 0 saturated heterocycles. The molecule has 14 heavy (non-hydrogen) atoms. The molecule has 0 aliphatic rings. The topological polar surface area (TPSA) is 12.9 Å². The van der Waals surface area contributed by atoms with E-state index in [1.54, 1.807) is 17.5 Å². The third-order valence-corrected chi connectivity index (χ3v) is 3.96. The van der Waals surface area contributed by atoms with E-state index >= 15 is 0 Å². The van der Waals surface area contributed by atoms with Crippen LogP contribution < -0.4 is 0 Å². The largest absolute Gasteiger partial charge is 0.244 e. The second-order valence-corrected chi connectivity index (χ2v) is 5.82. The van der Waals surface area contributed by atoms with Gasteiger partial charge in [0.15, 0.2) is 0 Å². The highest BCUT2D eigenvalue weighted by molar-refractivity contribution is 7.19. The number of rotatable bonds is 0. The van der Waals surface area contributed by atoms with Crippen molar-refractivity contribution in [3.05, 3.63) is 28.4 Å². The van der Waals surface area contributed by atoms with E-state index in [1.807, 2.05) is 6.07 Å². The highest BCUT2D eigenvalue weighted by Crippen LogP contribution is 2.36. The van der Waals surface area contributed by atoms with Crippen LogP contribution in [0.25, 0.3) is 10.1 Å². The molecule has 2 rings (SSSR count). The molecule has 0 atom stereocenters. The normalized spacial score (nSPS) is 12.3. The fourth-order valence-corrected chi connectivity index (χ4v) is 2.68. The van der Waals surface area contributed by atoms with Crippen LogP contribution in [-0.2, 0) is 5.41 Å². The number of hydrogen-bond donors (Lipinski definition) is 0. The van der Waals surface area contributed by atoms with Crippen molar-refractivity contribution in [3.63, 3.8) is 0 Å². The molecular formula is C11H12ClNS. The van der Waals surface area contributed by atoms with Gasteiger partial charge in [0, 0.05) is 21.2 Å². The molecule has 3 heteroatoms. The number of halogens is 1. The zero-order valence-electron chi connectivity index (χ0n) is 8.47. The van der Waals surface area contributed by atoms with Gasteiger partial charge >= 0.3 is 0 Å². The van der Waals surface area contributed by atoms with Crippen LogP contribution in [-0.4, -0.2) is 4.98 Å². The molecule has 0 aliphatic heterocycles. The minimum absolute atomic E-state index is 0.188. The van der Waals surface area contributed by atoms with Gasteiger partial charge in [-0.3, -0.25) is 0 Å². The Morgan fingerprint density at radius 3 is 2.64 bits per heavy atom. The summed E-state index contributed by atoms with van der Waals surface area (Å²) in [6, 6.07) is 4.16. The minimum atomic E-state index is 0.188. The molecule has 74 valence electrons. The van der Waals surface area contributed by atoms with Crippen LogP contribution in [0.4, 0.5) is 0 Å². The summed E-state index contributed by atoms with van der Waals surface area (Å²) >= 11 is 7.81. The number of aromatic nitrogens is 1. The maximum absolute atomic E-state index is 6.02. The number of nitrogens with zero attached hydrogens (tertiary/aromatic N) is 1. The highest BCUT2D eigenvalue weighted by Gasteiger charge is 2.17. The summed E-state index contributed by atoms with van der Waals surface area (Å²) in [5.41, 5.74) is 0.188. The Labute approximate surface area is 92.7 Å². The Morgan fingerprint density at radius 1 is 1.36 bits per heavy atom. The van der Waals surface area contributed by atoms with Crippen LogP contribution in [0.3, 0.4) is 0 Å². The van der Waals surface area contributed by atoms with Gasteiger partial charge in [-0.15, -0.1) is 11.3 Å². The van der Waals surface area contributed by atoms with Crippen molar-refractivity contribution in [2.24, 2.45) is 0 Å². The molecule has 0 spiro atoms. The van der Waals surface area contributed by atoms with Gasteiger partial charge in [-0.1, -0.05) is 32.4 Å². The molecule has 1 nitrogen and oxygen atoms in total. The standard InChI is InChI=1S/C11H12ClNS/c1-11(2,3)9-6-7-8(14-9)4-5-13-10(7)12/h4-6H,1-3H3. The lowest BCUT2D eigenvalue weighted by Gasteiger charge is -2.14. The zero-order valence-corrected chi connectivity index (χ0v) is 10.0. The summed E-state index contributed by atoms with van der Waals surface area (Å²) in [5.74, 6) is 0. The summed E-state index contributed by atoms with van der Waals surface area (Å²) in [6.45, 7) is 6.62. The van der Waals surface area contributed by atoms with Gasteiger partial charge < -0.3 is 0 Å².